The highest BCUT2D eigenvalue weighted by atomic mass is 16.5. The first kappa shape index (κ1) is 30.1. The van der Waals surface area contributed by atoms with Gasteiger partial charge in [-0.2, -0.15) is 0 Å². The van der Waals surface area contributed by atoms with Crippen LogP contribution < -0.4 is 15.5 Å². The maximum Gasteiger partial charge on any atom is 0.253 e. The van der Waals surface area contributed by atoms with Crippen molar-refractivity contribution in [3.8, 4) is 0 Å². The van der Waals surface area contributed by atoms with Crippen LogP contribution in [0.2, 0.25) is 0 Å². The molecule has 204 valence electrons. The molecule has 1 aromatic carbocycles. The summed E-state index contributed by atoms with van der Waals surface area (Å²) >= 11 is 0. The minimum Gasteiger partial charge on any atom is -0.379 e. The highest BCUT2D eigenvalue weighted by Gasteiger charge is 2.16. The molecule has 0 aromatic heterocycles. The van der Waals surface area contributed by atoms with E-state index in [0.29, 0.717) is 24.2 Å². The van der Waals surface area contributed by atoms with Gasteiger partial charge in [0.15, 0.2) is 0 Å². The third-order valence-corrected chi connectivity index (χ3v) is 6.83. The van der Waals surface area contributed by atoms with Crippen molar-refractivity contribution in [2.24, 2.45) is 0 Å². The molecule has 1 aliphatic rings. The van der Waals surface area contributed by atoms with E-state index in [2.05, 4.69) is 22.5 Å². The van der Waals surface area contributed by atoms with E-state index in [9.17, 15) is 9.59 Å². The Kier molecular flexibility index (Phi) is 15.2. The number of unbranched alkanes of at least 4 members (excludes halogenated alkanes) is 10. The summed E-state index contributed by atoms with van der Waals surface area (Å²) in [6, 6.07) is 5.56. The zero-order chi connectivity index (χ0) is 26.0. The van der Waals surface area contributed by atoms with Crippen LogP contribution in [0.15, 0.2) is 18.2 Å². The van der Waals surface area contributed by atoms with Crippen LogP contribution in [0.25, 0.3) is 0 Å². The summed E-state index contributed by atoms with van der Waals surface area (Å²) < 4.78 is 5.38. The predicted octanol–water partition coefficient (Wildman–Crippen LogP) is 5.45. The molecule has 2 N–H and O–H groups in total. The summed E-state index contributed by atoms with van der Waals surface area (Å²) in [5.74, 6) is -0.101. The number of carbonyl (C=O) groups excluding carboxylic acids is 2. The molecular formula is C29H50N4O3. The highest BCUT2D eigenvalue weighted by Crippen LogP contribution is 2.23. The number of hydrogen-bond acceptors (Lipinski definition) is 5. The molecule has 0 aliphatic carbocycles. The van der Waals surface area contributed by atoms with Gasteiger partial charge in [-0.15, -0.1) is 0 Å². The van der Waals surface area contributed by atoms with Crippen molar-refractivity contribution in [3.05, 3.63) is 23.8 Å². The van der Waals surface area contributed by atoms with Crippen LogP contribution in [0.5, 0.6) is 0 Å². The molecule has 1 aromatic rings. The molecule has 36 heavy (non-hydrogen) atoms. The van der Waals surface area contributed by atoms with Crippen molar-refractivity contribution in [2.45, 2.75) is 84.0 Å². The lowest BCUT2D eigenvalue weighted by Gasteiger charge is -2.26. The van der Waals surface area contributed by atoms with Gasteiger partial charge in [0.2, 0.25) is 5.91 Å². The monoisotopic (exact) mass is 502 g/mol. The van der Waals surface area contributed by atoms with Gasteiger partial charge in [-0.25, -0.2) is 0 Å². The Morgan fingerprint density at radius 3 is 2.14 bits per heavy atom. The fourth-order valence-corrected chi connectivity index (χ4v) is 4.61. The molecule has 2 rings (SSSR count). The fourth-order valence-electron chi connectivity index (χ4n) is 4.61. The van der Waals surface area contributed by atoms with E-state index >= 15 is 0 Å². The molecule has 0 unspecified atom stereocenters. The summed E-state index contributed by atoms with van der Waals surface area (Å²) in [7, 11) is 3.84. The van der Waals surface area contributed by atoms with Gasteiger partial charge in [-0.1, -0.05) is 71.1 Å². The van der Waals surface area contributed by atoms with Gasteiger partial charge in [0.1, 0.15) is 0 Å². The summed E-state index contributed by atoms with van der Waals surface area (Å²) in [6.07, 6.45) is 14.5. The van der Waals surface area contributed by atoms with Crippen LogP contribution in [0.1, 0.15) is 94.3 Å². The van der Waals surface area contributed by atoms with Gasteiger partial charge in [0.05, 0.1) is 18.8 Å². The second-order valence-corrected chi connectivity index (χ2v) is 10.2. The van der Waals surface area contributed by atoms with Crippen molar-refractivity contribution in [1.82, 2.24) is 10.2 Å². The Morgan fingerprint density at radius 1 is 0.917 bits per heavy atom. The van der Waals surface area contributed by atoms with Crippen LogP contribution in [0, 0.1) is 0 Å². The van der Waals surface area contributed by atoms with E-state index in [4.69, 9.17) is 4.74 Å². The Bertz CT molecular complexity index is 763. The minimum absolute atomic E-state index is 0.0159. The molecule has 1 fully saturated rings. The minimum atomic E-state index is -0.117. The maximum absolute atomic E-state index is 12.9. The number of nitrogens with zero attached hydrogens (tertiary/aromatic N) is 2. The first-order valence-corrected chi connectivity index (χ1v) is 14.2. The normalized spacial score (nSPS) is 14.0. The number of ether oxygens (including phenoxy) is 1. The fraction of sp³-hybridized carbons (Fsp3) is 0.724. The lowest BCUT2D eigenvalue weighted by Crippen LogP contribution is -2.41. The quantitative estimate of drug-likeness (QED) is 0.261. The number of amides is 2. The van der Waals surface area contributed by atoms with E-state index in [1.807, 2.05) is 31.1 Å². The molecule has 0 bridgehead atoms. The highest BCUT2D eigenvalue weighted by molar-refractivity contribution is 6.02. The van der Waals surface area contributed by atoms with Crippen molar-refractivity contribution in [1.29, 1.82) is 0 Å². The topological polar surface area (TPSA) is 73.9 Å². The first-order chi connectivity index (χ1) is 17.5. The Hall–Kier alpha value is -2.12. The second-order valence-electron chi connectivity index (χ2n) is 10.2. The Balaban J connectivity index is 1.70. The molecular weight excluding hydrogens is 452 g/mol. The molecule has 1 aliphatic heterocycles. The number of carbonyl (C=O) groups is 2. The third kappa shape index (κ3) is 12.2. The molecule has 7 heteroatoms. The molecule has 0 spiro atoms. The lowest BCUT2D eigenvalue weighted by molar-refractivity contribution is -0.116. The SMILES string of the molecule is CCCCCCCCCCCCCC(=O)Nc1ccc(N(C)C)c(C(=O)NCCN2CCOCC2)c1. The smallest absolute Gasteiger partial charge is 0.253 e. The first-order valence-electron chi connectivity index (χ1n) is 14.2. The number of benzene rings is 1. The third-order valence-electron chi connectivity index (χ3n) is 6.83. The molecule has 7 nitrogen and oxygen atoms in total. The molecule has 0 saturated carbocycles. The van der Waals surface area contributed by atoms with E-state index < -0.39 is 0 Å². The van der Waals surface area contributed by atoms with Gasteiger partial charge in [-0.3, -0.25) is 14.5 Å². The van der Waals surface area contributed by atoms with E-state index in [1.165, 1.54) is 57.8 Å². The van der Waals surface area contributed by atoms with Gasteiger partial charge in [0.25, 0.3) is 5.91 Å². The molecule has 2 amide bonds. The predicted molar refractivity (Wildman–Crippen MR) is 150 cm³/mol. The zero-order valence-electron chi connectivity index (χ0n) is 23.1. The molecule has 0 radical (unpaired) electrons. The molecule has 1 saturated heterocycles. The van der Waals surface area contributed by atoms with Crippen LogP contribution in [0.4, 0.5) is 11.4 Å². The molecule has 0 atom stereocenters. The van der Waals surface area contributed by atoms with Gasteiger partial charge in [-0.05, 0) is 24.6 Å². The van der Waals surface area contributed by atoms with Gasteiger partial charge < -0.3 is 20.3 Å². The number of rotatable bonds is 18. The summed E-state index contributed by atoms with van der Waals surface area (Å²) in [5.41, 5.74) is 2.09. The van der Waals surface area contributed by atoms with Gasteiger partial charge in [0, 0.05) is 58.1 Å². The summed E-state index contributed by atoms with van der Waals surface area (Å²) in [5, 5.41) is 6.02. The number of nitrogens with one attached hydrogen (secondary N) is 2. The van der Waals surface area contributed by atoms with E-state index in [-0.39, 0.29) is 11.8 Å². The zero-order valence-corrected chi connectivity index (χ0v) is 23.1. The summed E-state index contributed by atoms with van der Waals surface area (Å²) in [6.45, 7) is 6.95. The van der Waals surface area contributed by atoms with Crippen LogP contribution in [0.3, 0.4) is 0 Å². The maximum atomic E-state index is 12.9. The lowest BCUT2D eigenvalue weighted by atomic mass is 10.1. The second kappa shape index (κ2) is 18.2. The van der Waals surface area contributed by atoms with Gasteiger partial charge >= 0.3 is 0 Å². The van der Waals surface area contributed by atoms with Crippen LogP contribution in [-0.4, -0.2) is 70.2 Å². The van der Waals surface area contributed by atoms with Crippen molar-refractivity contribution in [2.75, 3.05) is 63.7 Å². The Morgan fingerprint density at radius 2 is 1.53 bits per heavy atom. The number of hydrogen-bond donors (Lipinski definition) is 2. The average Bonchev–Trinajstić information content (AvgIpc) is 2.87. The number of morpholine rings is 1. The van der Waals surface area contributed by atoms with Crippen molar-refractivity contribution >= 4 is 23.2 Å². The van der Waals surface area contributed by atoms with E-state index in [1.54, 1.807) is 6.07 Å². The van der Waals surface area contributed by atoms with Crippen LogP contribution in [-0.2, 0) is 9.53 Å². The van der Waals surface area contributed by atoms with E-state index in [0.717, 1.165) is 51.4 Å². The largest absolute Gasteiger partial charge is 0.379 e. The Labute approximate surface area is 219 Å². The molecule has 1 heterocycles. The van der Waals surface area contributed by atoms with Crippen LogP contribution >= 0.6 is 0 Å². The van der Waals surface area contributed by atoms with Crippen molar-refractivity contribution < 1.29 is 14.3 Å². The standard InChI is InChI=1S/C29H50N4O3/c1-4-5-6-7-8-9-10-11-12-13-14-15-28(34)31-25-16-17-27(32(2)3)26(24-25)29(35)30-18-19-33-20-22-36-23-21-33/h16-17,24H,4-15,18-23H2,1-3H3,(H,30,35)(H,31,34). The van der Waals surface area contributed by atoms with Crippen molar-refractivity contribution in [3.63, 3.8) is 0 Å². The number of anilines is 2. The summed E-state index contributed by atoms with van der Waals surface area (Å²) in [4.78, 5) is 29.6. The average molecular weight is 503 g/mol.